The van der Waals surface area contributed by atoms with Crippen LogP contribution in [0.1, 0.15) is 12.5 Å². The van der Waals surface area contributed by atoms with E-state index >= 15 is 0 Å². The van der Waals surface area contributed by atoms with Crippen molar-refractivity contribution in [3.8, 4) is 22.8 Å². The molecule has 24 heavy (non-hydrogen) atoms. The fourth-order valence-corrected chi connectivity index (χ4v) is 3.14. The number of nitrogens with two attached hydrogens (primary N) is 1. The molecule has 1 atom stereocenters. The Morgan fingerprint density at radius 2 is 2.25 bits per heavy atom. The minimum Gasteiger partial charge on any atom is -0.504 e. The smallest absolute Gasteiger partial charge is 0.164 e. The van der Waals surface area contributed by atoms with Crippen LogP contribution in [0.4, 0.5) is 5.82 Å². The van der Waals surface area contributed by atoms with Crippen LogP contribution in [0.5, 0.6) is 11.5 Å². The van der Waals surface area contributed by atoms with E-state index in [0.29, 0.717) is 28.3 Å². The number of hydrogen-bond acceptors (Lipinski definition) is 7. The Bertz CT molecular complexity index is 901. The van der Waals surface area contributed by atoms with E-state index in [-0.39, 0.29) is 11.8 Å². The van der Waals surface area contributed by atoms with Crippen LogP contribution in [0.2, 0.25) is 0 Å². The molecule has 3 aromatic rings. The summed E-state index contributed by atoms with van der Waals surface area (Å²) in [5.41, 5.74) is 8.20. The van der Waals surface area contributed by atoms with E-state index in [0.717, 1.165) is 25.1 Å². The molecule has 0 aliphatic carbocycles. The van der Waals surface area contributed by atoms with Crippen LogP contribution < -0.4 is 15.8 Å². The normalized spacial score (nSPS) is 17.5. The zero-order valence-corrected chi connectivity index (χ0v) is 13.2. The predicted molar refractivity (Wildman–Crippen MR) is 89.9 cm³/mol. The number of phenolic OH excluding ortho intramolecular Hbond substituents is 1. The zero-order chi connectivity index (χ0) is 16.7. The SMILES string of the molecule is COc1ccc(-c2nn([C@@H]3CCNC3)c3ncnc(N)c23)cc1O. The van der Waals surface area contributed by atoms with Crippen LogP contribution in [-0.2, 0) is 0 Å². The molecule has 124 valence electrons. The van der Waals surface area contributed by atoms with Gasteiger partial charge in [-0.25, -0.2) is 14.6 Å². The molecular formula is C16H18N6O2. The van der Waals surface area contributed by atoms with Gasteiger partial charge in [-0.3, -0.25) is 0 Å². The molecule has 3 heterocycles. The molecule has 0 amide bonds. The van der Waals surface area contributed by atoms with Gasteiger partial charge in [-0.05, 0) is 31.2 Å². The molecular weight excluding hydrogens is 308 g/mol. The van der Waals surface area contributed by atoms with Crippen LogP contribution in [-0.4, -0.2) is 45.1 Å². The van der Waals surface area contributed by atoms with Crippen molar-refractivity contribution in [1.82, 2.24) is 25.1 Å². The van der Waals surface area contributed by atoms with Crippen molar-refractivity contribution in [2.45, 2.75) is 12.5 Å². The molecule has 8 heteroatoms. The molecule has 0 saturated carbocycles. The highest BCUT2D eigenvalue weighted by Gasteiger charge is 2.24. The fourth-order valence-electron chi connectivity index (χ4n) is 3.14. The number of rotatable bonds is 3. The Kier molecular flexibility index (Phi) is 3.46. The molecule has 1 saturated heterocycles. The summed E-state index contributed by atoms with van der Waals surface area (Å²) in [6.45, 7) is 1.79. The molecule has 0 bridgehead atoms. The number of nitrogens with one attached hydrogen (secondary N) is 1. The van der Waals surface area contributed by atoms with E-state index in [1.165, 1.54) is 13.4 Å². The maximum absolute atomic E-state index is 10.1. The average Bonchev–Trinajstić information content (AvgIpc) is 3.22. The Balaban J connectivity index is 1.93. The highest BCUT2D eigenvalue weighted by atomic mass is 16.5. The third kappa shape index (κ3) is 2.23. The van der Waals surface area contributed by atoms with E-state index < -0.39 is 0 Å². The highest BCUT2D eigenvalue weighted by Crippen LogP contribution is 2.36. The lowest BCUT2D eigenvalue weighted by Crippen LogP contribution is -2.15. The lowest BCUT2D eigenvalue weighted by molar-refractivity contribution is 0.373. The average molecular weight is 326 g/mol. The second-order valence-corrected chi connectivity index (χ2v) is 5.78. The number of fused-ring (bicyclic) bond motifs is 1. The van der Waals surface area contributed by atoms with Crippen molar-refractivity contribution in [2.75, 3.05) is 25.9 Å². The van der Waals surface area contributed by atoms with E-state index in [2.05, 4.69) is 15.3 Å². The second-order valence-electron chi connectivity index (χ2n) is 5.78. The third-order valence-electron chi connectivity index (χ3n) is 4.35. The molecule has 8 nitrogen and oxygen atoms in total. The molecule has 1 aromatic carbocycles. The van der Waals surface area contributed by atoms with Crippen molar-refractivity contribution >= 4 is 16.9 Å². The summed E-state index contributed by atoms with van der Waals surface area (Å²) in [6, 6.07) is 5.38. The lowest BCUT2D eigenvalue weighted by Gasteiger charge is -2.09. The Hall–Kier alpha value is -2.87. The van der Waals surface area contributed by atoms with Gasteiger partial charge in [0, 0.05) is 12.1 Å². The van der Waals surface area contributed by atoms with Crippen molar-refractivity contribution < 1.29 is 9.84 Å². The van der Waals surface area contributed by atoms with Crippen LogP contribution in [0.25, 0.3) is 22.3 Å². The number of phenols is 1. The number of nitrogens with zero attached hydrogens (tertiary/aromatic N) is 4. The molecule has 2 aromatic heterocycles. The number of ether oxygens (including phenoxy) is 1. The molecule has 0 unspecified atom stereocenters. The first-order valence-corrected chi connectivity index (χ1v) is 7.76. The monoisotopic (exact) mass is 326 g/mol. The van der Waals surface area contributed by atoms with Gasteiger partial charge in [-0.15, -0.1) is 0 Å². The number of hydrogen-bond donors (Lipinski definition) is 3. The molecule has 4 rings (SSSR count). The van der Waals surface area contributed by atoms with Crippen LogP contribution in [0, 0.1) is 0 Å². The van der Waals surface area contributed by atoms with Gasteiger partial charge in [-0.2, -0.15) is 5.10 Å². The summed E-state index contributed by atoms with van der Waals surface area (Å²) in [6.07, 6.45) is 2.43. The van der Waals surface area contributed by atoms with Gasteiger partial charge in [-0.1, -0.05) is 0 Å². The minimum absolute atomic E-state index is 0.0515. The second kappa shape index (κ2) is 5.64. The molecule has 0 spiro atoms. The Labute approximate surface area is 138 Å². The van der Waals surface area contributed by atoms with E-state index in [4.69, 9.17) is 15.6 Å². The summed E-state index contributed by atoms with van der Waals surface area (Å²) >= 11 is 0. The number of methoxy groups -OCH3 is 1. The molecule has 1 aliphatic heterocycles. The molecule has 0 radical (unpaired) electrons. The van der Waals surface area contributed by atoms with E-state index in [9.17, 15) is 5.11 Å². The minimum atomic E-state index is 0.0515. The topological polar surface area (TPSA) is 111 Å². The Morgan fingerprint density at radius 3 is 2.96 bits per heavy atom. The van der Waals surface area contributed by atoms with Gasteiger partial charge in [0.15, 0.2) is 17.1 Å². The molecule has 1 aliphatic rings. The number of anilines is 1. The maximum atomic E-state index is 10.1. The van der Waals surface area contributed by atoms with E-state index in [1.54, 1.807) is 12.1 Å². The van der Waals surface area contributed by atoms with E-state index in [1.807, 2.05) is 10.7 Å². The van der Waals surface area contributed by atoms with Gasteiger partial charge in [0.25, 0.3) is 0 Å². The van der Waals surface area contributed by atoms with Gasteiger partial charge in [0.2, 0.25) is 0 Å². The summed E-state index contributed by atoms with van der Waals surface area (Å²) in [7, 11) is 1.51. The fraction of sp³-hybridized carbons (Fsp3) is 0.312. The molecule has 4 N–H and O–H groups in total. The number of nitrogen functional groups attached to an aromatic ring is 1. The number of aromatic nitrogens is 4. The highest BCUT2D eigenvalue weighted by molar-refractivity contribution is 5.98. The number of benzene rings is 1. The van der Waals surface area contributed by atoms with Crippen molar-refractivity contribution in [2.24, 2.45) is 0 Å². The van der Waals surface area contributed by atoms with Gasteiger partial charge in [0.05, 0.1) is 18.5 Å². The summed E-state index contributed by atoms with van der Waals surface area (Å²) in [5, 5.41) is 18.9. The molecule has 1 fully saturated rings. The maximum Gasteiger partial charge on any atom is 0.164 e. The van der Waals surface area contributed by atoms with Gasteiger partial charge in [0.1, 0.15) is 17.8 Å². The van der Waals surface area contributed by atoms with Gasteiger partial charge < -0.3 is 20.9 Å². The third-order valence-corrected chi connectivity index (χ3v) is 4.35. The zero-order valence-electron chi connectivity index (χ0n) is 13.2. The van der Waals surface area contributed by atoms with Crippen LogP contribution in [0.15, 0.2) is 24.5 Å². The van der Waals surface area contributed by atoms with Gasteiger partial charge >= 0.3 is 0 Å². The largest absolute Gasteiger partial charge is 0.504 e. The Morgan fingerprint density at radius 1 is 1.38 bits per heavy atom. The predicted octanol–water partition coefficient (Wildman–Crippen LogP) is 1.32. The summed E-state index contributed by atoms with van der Waals surface area (Å²) in [5.74, 6) is 0.838. The van der Waals surface area contributed by atoms with Crippen LogP contribution in [0.3, 0.4) is 0 Å². The quantitative estimate of drug-likeness (QED) is 0.665. The first-order valence-electron chi connectivity index (χ1n) is 7.76. The summed E-state index contributed by atoms with van der Waals surface area (Å²) in [4.78, 5) is 8.48. The number of aromatic hydroxyl groups is 1. The van der Waals surface area contributed by atoms with Crippen molar-refractivity contribution in [3.63, 3.8) is 0 Å². The summed E-state index contributed by atoms with van der Waals surface area (Å²) < 4.78 is 7.01. The first-order chi connectivity index (χ1) is 11.7. The van der Waals surface area contributed by atoms with Crippen LogP contribution >= 0.6 is 0 Å². The van der Waals surface area contributed by atoms with Crippen molar-refractivity contribution in [3.05, 3.63) is 24.5 Å². The van der Waals surface area contributed by atoms with Crippen molar-refractivity contribution in [1.29, 1.82) is 0 Å². The lowest BCUT2D eigenvalue weighted by atomic mass is 10.1. The standard InChI is InChI=1S/C16H18N6O2/c1-24-12-3-2-9(6-11(12)23)14-13-15(17)19-8-20-16(13)22(21-14)10-4-5-18-7-10/h2-3,6,8,10,18,23H,4-5,7H2,1H3,(H2,17,19,20)/t10-/m1/s1. The first kappa shape index (κ1) is 14.7.